The second-order valence-electron chi connectivity index (χ2n) is 7.13. The number of ether oxygens (including phenoxy) is 1. The first-order valence-corrected chi connectivity index (χ1v) is 9.21. The van der Waals surface area contributed by atoms with Crippen molar-refractivity contribution >= 4 is 11.6 Å². The van der Waals surface area contributed by atoms with Crippen molar-refractivity contribution in [2.45, 2.75) is 25.5 Å². The van der Waals surface area contributed by atoms with Crippen molar-refractivity contribution in [1.82, 2.24) is 14.9 Å². The van der Waals surface area contributed by atoms with Crippen LogP contribution in [0.3, 0.4) is 0 Å². The van der Waals surface area contributed by atoms with Crippen molar-refractivity contribution < 1.29 is 9.53 Å². The molecule has 0 radical (unpaired) electrons. The van der Waals surface area contributed by atoms with Gasteiger partial charge in [0.1, 0.15) is 0 Å². The van der Waals surface area contributed by atoms with Gasteiger partial charge in [-0.2, -0.15) is 0 Å². The zero-order chi connectivity index (χ0) is 17.8. The van der Waals surface area contributed by atoms with Crippen LogP contribution < -0.4 is 5.32 Å². The molecular formula is C20H24N4O2. The molecule has 26 heavy (non-hydrogen) atoms. The third kappa shape index (κ3) is 4.08. The number of carbonyl (C=O) groups is 1. The summed E-state index contributed by atoms with van der Waals surface area (Å²) < 4.78 is 5.99. The minimum absolute atomic E-state index is 0.000403. The molecule has 0 aromatic carbocycles. The summed E-state index contributed by atoms with van der Waals surface area (Å²) in [4.78, 5) is 23.2. The summed E-state index contributed by atoms with van der Waals surface area (Å²) in [6, 6.07) is 9.71. The molecule has 0 bridgehead atoms. The minimum atomic E-state index is -0.000403. The third-order valence-corrected chi connectivity index (χ3v) is 5.32. The van der Waals surface area contributed by atoms with Crippen molar-refractivity contribution in [3.05, 3.63) is 54.6 Å². The Hall–Kier alpha value is -2.31. The highest BCUT2D eigenvalue weighted by Crippen LogP contribution is 2.36. The van der Waals surface area contributed by atoms with Crippen LogP contribution in [-0.2, 0) is 16.1 Å². The van der Waals surface area contributed by atoms with Gasteiger partial charge in [-0.25, -0.2) is 0 Å². The lowest BCUT2D eigenvalue weighted by molar-refractivity contribution is -0.118. The molecule has 2 aliphatic heterocycles. The molecule has 2 aromatic rings. The summed E-state index contributed by atoms with van der Waals surface area (Å²) in [6.07, 6.45) is 6.70. The summed E-state index contributed by atoms with van der Waals surface area (Å²) in [5.74, 6) is 0.970. The first kappa shape index (κ1) is 17.1. The van der Waals surface area contributed by atoms with Gasteiger partial charge in [-0.1, -0.05) is 6.07 Å². The fraction of sp³-hybridized carbons (Fsp3) is 0.450. The van der Waals surface area contributed by atoms with Crippen LogP contribution in [0.5, 0.6) is 0 Å². The minimum Gasteiger partial charge on any atom is -0.377 e. The van der Waals surface area contributed by atoms with Crippen LogP contribution in [0.25, 0.3) is 0 Å². The maximum Gasteiger partial charge on any atom is 0.227 e. The molecule has 2 aliphatic rings. The van der Waals surface area contributed by atoms with E-state index in [0.29, 0.717) is 18.3 Å². The van der Waals surface area contributed by atoms with Crippen LogP contribution >= 0.6 is 0 Å². The second kappa shape index (κ2) is 7.93. The quantitative estimate of drug-likeness (QED) is 0.895. The van der Waals surface area contributed by atoms with Gasteiger partial charge in [-0.05, 0) is 43.1 Å². The standard InChI is InChI=1S/C20H24N4O2/c25-20(23-16-5-3-7-21-11-16)10-19-18-6-9-24(12-15(18)14-26-19)13-17-4-1-2-8-22-17/h1-5,7-8,11,15,18-19H,6,9-10,12-14H2,(H,23,25)/t15-,18-,19-/m0/s1. The number of carbonyl (C=O) groups excluding carboxylic acids is 1. The van der Waals surface area contributed by atoms with Crippen molar-refractivity contribution in [2.75, 3.05) is 25.0 Å². The van der Waals surface area contributed by atoms with Crippen LogP contribution in [0, 0.1) is 11.8 Å². The van der Waals surface area contributed by atoms with E-state index >= 15 is 0 Å². The van der Waals surface area contributed by atoms with Crippen molar-refractivity contribution in [1.29, 1.82) is 0 Å². The molecule has 6 heteroatoms. The Morgan fingerprint density at radius 3 is 3.04 bits per heavy atom. The number of hydrogen-bond donors (Lipinski definition) is 1. The van der Waals surface area contributed by atoms with Crippen molar-refractivity contribution in [3.8, 4) is 0 Å². The van der Waals surface area contributed by atoms with Gasteiger partial charge in [0.15, 0.2) is 0 Å². The van der Waals surface area contributed by atoms with Gasteiger partial charge in [0.05, 0.1) is 36.7 Å². The zero-order valence-corrected chi connectivity index (χ0v) is 14.8. The Bertz CT molecular complexity index is 725. The molecule has 6 nitrogen and oxygen atoms in total. The molecule has 0 aliphatic carbocycles. The van der Waals surface area contributed by atoms with Gasteiger partial charge in [0.2, 0.25) is 5.91 Å². The van der Waals surface area contributed by atoms with E-state index in [1.807, 2.05) is 30.5 Å². The fourth-order valence-corrected chi connectivity index (χ4v) is 4.07. The molecule has 2 fully saturated rings. The van der Waals surface area contributed by atoms with Crippen molar-refractivity contribution in [2.24, 2.45) is 11.8 Å². The fourth-order valence-electron chi connectivity index (χ4n) is 4.07. The first-order chi connectivity index (χ1) is 12.8. The van der Waals surface area contributed by atoms with E-state index in [1.165, 1.54) is 0 Å². The van der Waals surface area contributed by atoms with Gasteiger partial charge in [0, 0.05) is 31.4 Å². The van der Waals surface area contributed by atoms with Crippen LogP contribution in [0.4, 0.5) is 5.69 Å². The second-order valence-corrected chi connectivity index (χ2v) is 7.13. The monoisotopic (exact) mass is 352 g/mol. The summed E-state index contributed by atoms with van der Waals surface area (Å²) in [5.41, 5.74) is 1.84. The predicted octanol–water partition coefficient (Wildman–Crippen LogP) is 2.34. The summed E-state index contributed by atoms with van der Waals surface area (Å²) in [5, 5.41) is 2.91. The number of hydrogen-bond acceptors (Lipinski definition) is 5. The smallest absolute Gasteiger partial charge is 0.227 e. The summed E-state index contributed by atoms with van der Waals surface area (Å²) in [6.45, 7) is 3.67. The van der Waals surface area contributed by atoms with Gasteiger partial charge in [-0.3, -0.25) is 19.7 Å². The van der Waals surface area contributed by atoms with E-state index in [1.54, 1.807) is 12.4 Å². The van der Waals surface area contributed by atoms with E-state index in [0.717, 1.165) is 44.0 Å². The Morgan fingerprint density at radius 2 is 2.23 bits per heavy atom. The molecule has 0 unspecified atom stereocenters. The third-order valence-electron chi connectivity index (χ3n) is 5.32. The first-order valence-electron chi connectivity index (χ1n) is 9.21. The number of anilines is 1. The number of rotatable bonds is 5. The maximum atomic E-state index is 12.3. The average Bonchev–Trinajstić information content (AvgIpc) is 3.05. The molecule has 1 N–H and O–H groups in total. The molecule has 3 atom stereocenters. The lowest BCUT2D eigenvalue weighted by Crippen LogP contribution is -2.41. The number of amides is 1. The van der Waals surface area contributed by atoms with Gasteiger partial charge >= 0.3 is 0 Å². The number of aromatic nitrogens is 2. The van der Waals surface area contributed by atoms with E-state index in [2.05, 4.69) is 26.3 Å². The highest BCUT2D eigenvalue weighted by Gasteiger charge is 2.41. The average molecular weight is 352 g/mol. The Morgan fingerprint density at radius 1 is 1.27 bits per heavy atom. The Labute approximate surface area is 153 Å². The molecule has 2 saturated heterocycles. The zero-order valence-electron chi connectivity index (χ0n) is 14.8. The Kier molecular flexibility index (Phi) is 5.22. The highest BCUT2D eigenvalue weighted by molar-refractivity contribution is 5.90. The topological polar surface area (TPSA) is 67.3 Å². The maximum absolute atomic E-state index is 12.3. The highest BCUT2D eigenvalue weighted by atomic mass is 16.5. The molecule has 4 heterocycles. The summed E-state index contributed by atoms with van der Waals surface area (Å²) >= 11 is 0. The summed E-state index contributed by atoms with van der Waals surface area (Å²) in [7, 11) is 0. The number of fused-ring (bicyclic) bond motifs is 1. The normalized spacial score (nSPS) is 25.6. The van der Waals surface area contributed by atoms with Gasteiger partial charge in [-0.15, -0.1) is 0 Å². The van der Waals surface area contributed by atoms with Crippen LogP contribution in [-0.4, -0.2) is 46.6 Å². The van der Waals surface area contributed by atoms with E-state index in [-0.39, 0.29) is 12.0 Å². The number of nitrogens with one attached hydrogen (secondary N) is 1. The van der Waals surface area contributed by atoms with Crippen LogP contribution in [0.2, 0.25) is 0 Å². The molecule has 0 saturated carbocycles. The van der Waals surface area contributed by atoms with E-state index in [9.17, 15) is 4.79 Å². The SMILES string of the molecule is O=C(C[C@@H]1OC[C@@H]2CN(Cc3ccccn3)CC[C@@H]21)Nc1cccnc1. The van der Waals surface area contributed by atoms with E-state index in [4.69, 9.17) is 4.74 Å². The van der Waals surface area contributed by atoms with Crippen molar-refractivity contribution in [3.63, 3.8) is 0 Å². The lowest BCUT2D eigenvalue weighted by Gasteiger charge is -2.35. The lowest BCUT2D eigenvalue weighted by atomic mass is 9.83. The largest absolute Gasteiger partial charge is 0.377 e. The molecule has 2 aromatic heterocycles. The number of likely N-dealkylation sites (tertiary alicyclic amines) is 1. The molecular weight excluding hydrogens is 328 g/mol. The molecule has 136 valence electrons. The molecule has 4 rings (SSSR count). The number of piperidine rings is 1. The predicted molar refractivity (Wildman–Crippen MR) is 98.3 cm³/mol. The number of pyridine rings is 2. The Balaban J connectivity index is 1.29. The van der Waals surface area contributed by atoms with Gasteiger partial charge < -0.3 is 10.1 Å². The van der Waals surface area contributed by atoms with Crippen LogP contribution in [0.1, 0.15) is 18.5 Å². The van der Waals surface area contributed by atoms with Crippen LogP contribution in [0.15, 0.2) is 48.9 Å². The number of nitrogens with zero attached hydrogens (tertiary/aromatic N) is 3. The van der Waals surface area contributed by atoms with E-state index < -0.39 is 0 Å². The molecule has 0 spiro atoms. The molecule has 1 amide bonds. The van der Waals surface area contributed by atoms with Gasteiger partial charge in [0.25, 0.3) is 0 Å².